The molecule has 0 aliphatic heterocycles. The number of amides is 1. The number of benzene rings is 1. The predicted molar refractivity (Wildman–Crippen MR) is 148 cm³/mol. The van der Waals surface area contributed by atoms with Crippen molar-refractivity contribution < 1.29 is 28.2 Å². The molecule has 208 valence electrons. The lowest BCUT2D eigenvalue weighted by atomic mass is 9.58. The summed E-state index contributed by atoms with van der Waals surface area (Å²) in [5.74, 6) is 0.569. The molecule has 6 atom stereocenters. The molecule has 2 aliphatic rings. The average Bonchev–Trinajstić information content (AvgIpc) is 3.21. The number of primary amides is 1. The highest BCUT2D eigenvalue weighted by Crippen LogP contribution is 2.65. The van der Waals surface area contributed by atoms with Crippen LogP contribution in [0, 0.1) is 23.2 Å². The minimum atomic E-state index is -1.94. The molecule has 0 spiro atoms. The summed E-state index contributed by atoms with van der Waals surface area (Å²) in [6.07, 6.45) is 4.36. The number of hydrogen-bond donors (Lipinski definition) is 1. The molecule has 0 bridgehead atoms. The molecule has 0 aromatic heterocycles. The van der Waals surface area contributed by atoms with E-state index in [9.17, 15) is 4.79 Å². The van der Waals surface area contributed by atoms with Crippen molar-refractivity contribution in [1.29, 1.82) is 0 Å². The zero-order chi connectivity index (χ0) is 27.6. The van der Waals surface area contributed by atoms with E-state index in [1.165, 1.54) is 0 Å². The smallest absolute Gasteiger partial charge is 0.222 e. The van der Waals surface area contributed by atoms with Crippen molar-refractivity contribution in [3.8, 4) is 11.5 Å². The Morgan fingerprint density at radius 2 is 1.92 bits per heavy atom. The fourth-order valence-corrected chi connectivity index (χ4v) is 7.61. The van der Waals surface area contributed by atoms with Gasteiger partial charge < -0.3 is 29.1 Å². The van der Waals surface area contributed by atoms with E-state index < -0.39 is 19.7 Å². The fourth-order valence-electron chi connectivity index (χ4n) is 6.54. The van der Waals surface area contributed by atoms with Gasteiger partial charge in [0.15, 0.2) is 26.6 Å². The molecule has 0 saturated heterocycles. The third-order valence-corrected chi connectivity index (χ3v) is 13.9. The lowest BCUT2D eigenvalue weighted by Gasteiger charge is -2.50. The number of fused-ring (bicyclic) bond motifs is 1. The van der Waals surface area contributed by atoms with Gasteiger partial charge in [-0.3, -0.25) is 4.79 Å². The third-order valence-electron chi connectivity index (χ3n) is 9.37. The van der Waals surface area contributed by atoms with E-state index >= 15 is 0 Å². The molecule has 2 N–H and O–H groups in total. The maximum Gasteiger partial charge on any atom is 0.222 e. The van der Waals surface area contributed by atoms with Crippen LogP contribution in [0.25, 0.3) is 0 Å². The lowest BCUT2D eigenvalue weighted by molar-refractivity contribution is -0.134. The maximum absolute atomic E-state index is 13.3. The first-order valence-electron chi connectivity index (χ1n) is 13.3. The van der Waals surface area contributed by atoms with E-state index in [1.807, 2.05) is 24.3 Å². The summed E-state index contributed by atoms with van der Waals surface area (Å²) in [6.45, 7) is 16.4. The molecule has 7 nitrogen and oxygen atoms in total. The van der Waals surface area contributed by atoms with E-state index in [2.05, 4.69) is 40.4 Å². The van der Waals surface area contributed by atoms with Crippen molar-refractivity contribution in [2.75, 3.05) is 34.7 Å². The monoisotopic (exact) mass is 533 g/mol. The molecule has 0 radical (unpaired) electrons. The Morgan fingerprint density at radius 1 is 1.22 bits per heavy atom. The van der Waals surface area contributed by atoms with Crippen molar-refractivity contribution in [2.24, 2.45) is 28.9 Å². The highest BCUT2D eigenvalue weighted by atomic mass is 28.4. The Hall–Kier alpha value is -1.87. The number of carbonyl (C=O) groups is 1. The molecular weight excluding hydrogens is 486 g/mol. The molecule has 0 heterocycles. The van der Waals surface area contributed by atoms with Gasteiger partial charge in [0, 0.05) is 37.7 Å². The summed E-state index contributed by atoms with van der Waals surface area (Å²) >= 11 is 0. The van der Waals surface area contributed by atoms with Crippen LogP contribution in [0.5, 0.6) is 11.5 Å². The Bertz CT molecular complexity index is 960. The normalized spacial score (nSPS) is 30.0. The quantitative estimate of drug-likeness (QED) is 0.229. The molecule has 37 heavy (non-hydrogen) atoms. The number of hydrogen-bond acceptors (Lipinski definition) is 6. The number of nitrogens with two attached hydrogens (primary N) is 1. The van der Waals surface area contributed by atoms with Gasteiger partial charge in [-0.2, -0.15) is 0 Å². The maximum atomic E-state index is 13.3. The van der Waals surface area contributed by atoms with Crippen molar-refractivity contribution in [3.63, 3.8) is 0 Å². The number of rotatable bonds is 11. The van der Waals surface area contributed by atoms with Crippen LogP contribution in [0.2, 0.25) is 18.1 Å². The van der Waals surface area contributed by atoms with Crippen LogP contribution in [-0.2, 0) is 18.7 Å². The predicted octanol–water partition coefficient (Wildman–Crippen LogP) is 5.50. The Kier molecular flexibility index (Phi) is 9.21. The summed E-state index contributed by atoms with van der Waals surface area (Å²) in [5, 5.41) is 0.121. The minimum Gasteiger partial charge on any atom is -0.493 e. The molecule has 1 aromatic carbocycles. The SMILES string of the molecule is C=C[C@]12[C@@H](OC)CC[C@@H](CO[Si](C)(C)C(C)(C)C)[C@H]1C[C@H](c1cccc(OCOC)c1OC)[C@H]2C(N)=O. The summed E-state index contributed by atoms with van der Waals surface area (Å²) in [4.78, 5) is 13.3. The van der Waals surface area contributed by atoms with Crippen LogP contribution in [0.15, 0.2) is 30.9 Å². The van der Waals surface area contributed by atoms with Crippen LogP contribution in [0.4, 0.5) is 0 Å². The number of methoxy groups -OCH3 is 3. The Morgan fingerprint density at radius 3 is 2.46 bits per heavy atom. The molecule has 1 amide bonds. The second-order valence-corrected chi connectivity index (χ2v) is 16.9. The largest absolute Gasteiger partial charge is 0.493 e. The molecule has 2 fully saturated rings. The molecule has 8 heteroatoms. The van der Waals surface area contributed by atoms with Gasteiger partial charge in [-0.1, -0.05) is 39.0 Å². The van der Waals surface area contributed by atoms with Gasteiger partial charge in [0.25, 0.3) is 0 Å². The van der Waals surface area contributed by atoms with Gasteiger partial charge >= 0.3 is 0 Å². The van der Waals surface area contributed by atoms with E-state index in [0.29, 0.717) is 18.1 Å². The summed E-state index contributed by atoms with van der Waals surface area (Å²) in [7, 11) is 2.98. The van der Waals surface area contributed by atoms with Gasteiger partial charge in [0.2, 0.25) is 5.91 Å². The van der Waals surface area contributed by atoms with Gasteiger partial charge in [0.1, 0.15) is 0 Å². The highest BCUT2D eigenvalue weighted by molar-refractivity contribution is 6.74. The third kappa shape index (κ3) is 5.35. The first-order valence-corrected chi connectivity index (χ1v) is 16.2. The van der Waals surface area contributed by atoms with E-state index in [1.54, 1.807) is 21.3 Å². The fraction of sp³-hybridized carbons (Fsp3) is 0.690. The van der Waals surface area contributed by atoms with E-state index in [4.69, 9.17) is 29.1 Å². The lowest BCUT2D eigenvalue weighted by Crippen LogP contribution is -2.53. The van der Waals surface area contributed by atoms with Gasteiger partial charge in [-0.05, 0) is 55.3 Å². The molecule has 1 aromatic rings. The van der Waals surface area contributed by atoms with Crippen molar-refractivity contribution in [3.05, 3.63) is 36.4 Å². The Labute approximate surface area is 224 Å². The van der Waals surface area contributed by atoms with Crippen LogP contribution in [-0.4, -0.2) is 55.1 Å². The van der Waals surface area contributed by atoms with Crippen LogP contribution >= 0.6 is 0 Å². The zero-order valence-electron chi connectivity index (χ0n) is 24.0. The number of ether oxygens (including phenoxy) is 4. The minimum absolute atomic E-state index is 0.0988. The Balaban J connectivity index is 2.08. The van der Waals surface area contributed by atoms with Crippen molar-refractivity contribution in [2.45, 2.75) is 70.2 Å². The zero-order valence-corrected chi connectivity index (χ0v) is 25.0. The summed E-state index contributed by atoms with van der Waals surface area (Å²) in [6, 6.07) is 5.78. The average molecular weight is 534 g/mol. The summed E-state index contributed by atoms with van der Waals surface area (Å²) in [5.41, 5.74) is 6.52. The van der Waals surface area contributed by atoms with E-state index in [0.717, 1.165) is 24.8 Å². The van der Waals surface area contributed by atoms with E-state index in [-0.39, 0.29) is 41.6 Å². The van der Waals surface area contributed by atoms with Crippen LogP contribution < -0.4 is 15.2 Å². The molecular formula is C29H47NO6Si. The van der Waals surface area contributed by atoms with Crippen LogP contribution in [0.1, 0.15) is 51.5 Å². The van der Waals surface area contributed by atoms with Crippen molar-refractivity contribution >= 4 is 14.2 Å². The summed E-state index contributed by atoms with van der Waals surface area (Å²) < 4.78 is 29.5. The molecule has 2 saturated carbocycles. The first-order chi connectivity index (χ1) is 17.4. The number of carbonyl (C=O) groups excluding carboxylic acids is 1. The van der Waals surface area contributed by atoms with Crippen LogP contribution in [0.3, 0.4) is 0 Å². The second kappa shape index (κ2) is 11.5. The first kappa shape index (κ1) is 29.7. The standard InChI is InChI=1S/C29H47NO6Si/c1-10-29-22(19(14-15-24(29)33-6)17-36-37(8,9)28(2,3)4)16-21(25(29)27(30)31)20-12-11-13-23(26(20)34-7)35-18-32-5/h10-13,19,21-22,24-25H,1,14-18H2,2-9H3,(H2,30,31)/t19-,21+,22+,24-,25-,29+/m0/s1. The van der Waals surface area contributed by atoms with Gasteiger partial charge in [0.05, 0.1) is 19.1 Å². The molecule has 2 aliphatic carbocycles. The number of para-hydroxylation sites is 1. The van der Waals surface area contributed by atoms with Gasteiger partial charge in [-0.15, -0.1) is 6.58 Å². The molecule has 3 rings (SSSR count). The van der Waals surface area contributed by atoms with Gasteiger partial charge in [-0.25, -0.2) is 0 Å². The highest BCUT2D eigenvalue weighted by Gasteiger charge is 2.63. The topological polar surface area (TPSA) is 89.2 Å². The molecule has 0 unspecified atom stereocenters. The second-order valence-electron chi connectivity index (χ2n) is 12.1. The van der Waals surface area contributed by atoms with Crippen molar-refractivity contribution in [1.82, 2.24) is 0 Å².